The van der Waals surface area contributed by atoms with E-state index in [0.717, 1.165) is 44.9 Å². The van der Waals surface area contributed by atoms with Crippen LogP contribution in [-0.2, 0) is 0 Å². The molecule has 3 fully saturated rings. The summed E-state index contributed by atoms with van der Waals surface area (Å²) < 4.78 is 0. The summed E-state index contributed by atoms with van der Waals surface area (Å²) >= 11 is 0. The highest BCUT2D eigenvalue weighted by Crippen LogP contribution is 2.45. The first-order valence-electron chi connectivity index (χ1n) is 10.2. The van der Waals surface area contributed by atoms with Crippen LogP contribution in [0.15, 0.2) is 24.4 Å². The van der Waals surface area contributed by atoms with Crippen molar-refractivity contribution in [3.63, 3.8) is 0 Å². The van der Waals surface area contributed by atoms with E-state index in [4.69, 9.17) is 0 Å². The second-order valence-corrected chi connectivity index (χ2v) is 8.62. The van der Waals surface area contributed by atoms with E-state index in [0.29, 0.717) is 18.3 Å². The number of carbonyl (C=O) groups is 1. The summed E-state index contributed by atoms with van der Waals surface area (Å²) in [6.07, 6.45) is 10.0. The molecule has 3 aliphatic rings. The zero-order valence-electron chi connectivity index (χ0n) is 15.6. The fraction of sp³-hybridized carbons (Fsp3) is 0.714. The summed E-state index contributed by atoms with van der Waals surface area (Å²) in [4.78, 5) is 21.3. The minimum absolute atomic E-state index is 0.0566. The molecule has 0 radical (unpaired) electrons. The molecule has 2 saturated heterocycles. The van der Waals surface area contributed by atoms with Crippen LogP contribution in [0.2, 0.25) is 0 Å². The van der Waals surface area contributed by atoms with Crippen LogP contribution in [0.25, 0.3) is 0 Å². The number of pyridine rings is 1. The number of piperidine rings is 2. The van der Waals surface area contributed by atoms with Crippen LogP contribution in [0.4, 0.5) is 0 Å². The highest BCUT2D eigenvalue weighted by Gasteiger charge is 2.41. The van der Waals surface area contributed by atoms with Crippen LogP contribution in [0.3, 0.4) is 0 Å². The van der Waals surface area contributed by atoms with E-state index in [-0.39, 0.29) is 11.3 Å². The molecule has 1 saturated carbocycles. The minimum Gasteiger partial charge on any atom is -0.396 e. The number of rotatable bonds is 5. The zero-order chi connectivity index (χ0) is 18.0. The van der Waals surface area contributed by atoms with E-state index in [2.05, 4.69) is 9.88 Å². The van der Waals surface area contributed by atoms with Gasteiger partial charge in [-0.2, -0.15) is 0 Å². The molecular weight excluding hydrogens is 326 g/mol. The number of carbonyl (C=O) groups excluding carboxylic acids is 1. The SMILES string of the molecule is O=C(c1ccccn1)N1CCC(N2CCCC(CO)(CC3CC3)C2)CC1. The van der Waals surface area contributed by atoms with Crippen molar-refractivity contribution >= 4 is 5.91 Å². The van der Waals surface area contributed by atoms with Crippen molar-refractivity contribution in [2.75, 3.05) is 32.8 Å². The van der Waals surface area contributed by atoms with Gasteiger partial charge in [0.05, 0.1) is 0 Å². The van der Waals surface area contributed by atoms with Gasteiger partial charge in [0.1, 0.15) is 5.69 Å². The van der Waals surface area contributed by atoms with Gasteiger partial charge in [0.15, 0.2) is 0 Å². The van der Waals surface area contributed by atoms with Crippen LogP contribution in [-0.4, -0.2) is 64.6 Å². The van der Waals surface area contributed by atoms with Crippen LogP contribution in [0, 0.1) is 11.3 Å². The second kappa shape index (κ2) is 7.65. The molecule has 1 amide bonds. The largest absolute Gasteiger partial charge is 0.396 e. The maximum atomic E-state index is 12.6. The highest BCUT2D eigenvalue weighted by atomic mass is 16.3. The number of aromatic nitrogens is 1. The molecule has 0 bridgehead atoms. The van der Waals surface area contributed by atoms with Gasteiger partial charge in [-0.15, -0.1) is 0 Å². The molecule has 1 aromatic heterocycles. The predicted molar refractivity (Wildman–Crippen MR) is 101 cm³/mol. The van der Waals surface area contributed by atoms with Crippen molar-refractivity contribution in [3.8, 4) is 0 Å². The molecule has 5 heteroatoms. The first-order valence-corrected chi connectivity index (χ1v) is 10.2. The van der Waals surface area contributed by atoms with Crippen LogP contribution in [0.1, 0.15) is 55.4 Å². The standard InChI is InChI=1S/C21H31N3O2/c25-16-21(14-17-5-6-17)9-3-11-24(15-21)18-7-12-23(13-8-18)20(26)19-4-1-2-10-22-19/h1-2,4,10,17-18,25H,3,5-9,11-16H2. The van der Waals surface area contributed by atoms with Crippen molar-refractivity contribution in [3.05, 3.63) is 30.1 Å². The number of aliphatic hydroxyl groups is 1. The maximum Gasteiger partial charge on any atom is 0.272 e. The topological polar surface area (TPSA) is 56.7 Å². The zero-order valence-corrected chi connectivity index (χ0v) is 15.6. The first-order chi connectivity index (χ1) is 12.7. The summed E-state index contributed by atoms with van der Waals surface area (Å²) in [6.45, 7) is 4.14. The molecule has 2 aliphatic heterocycles. The molecule has 1 atom stereocenters. The third-order valence-electron chi connectivity index (χ3n) is 6.60. The molecule has 3 heterocycles. The Kier molecular flexibility index (Phi) is 5.28. The van der Waals surface area contributed by atoms with Crippen molar-refractivity contribution in [1.82, 2.24) is 14.8 Å². The number of nitrogens with zero attached hydrogens (tertiary/aromatic N) is 3. The third kappa shape index (κ3) is 3.94. The molecule has 5 nitrogen and oxygen atoms in total. The third-order valence-corrected chi connectivity index (χ3v) is 6.60. The van der Waals surface area contributed by atoms with Gasteiger partial charge in [-0.05, 0) is 56.7 Å². The Labute approximate surface area is 156 Å². The molecule has 26 heavy (non-hydrogen) atoms. The van der Waals surface area contributed by atoms with E-state index in [1.54, 1.807) is 12.3 Å². The van der Waals surface area contributed by atoms with E-state index >= 15 is 0 Å². The number of aliphatic hydroxyl groups excluding tert-OH is 1. The van der Waals surface area contributed by atoms with Gasteiger partial charge in [0.2, 0.25) is 0 Å². The van der Waals surface area contributed by atoms with E-state index in [9.17, 15) is 9.90 Å². The van der Waals surface area contributed by atoms with Crippen molar-refractivity contribution in [2.45, 2.75) is 51.0 Å². The average molecular weight is 357 g/mol. The van der Waals surface area contributed by atoms with Crippen LogP contribution >= 0.6 is 0 Å². The van der Waals surface area contributed by atoms with Crippen molar-refractivity contribution in [2.24, 2.45) is 11.3 Å². The van der Waals surface area contributed by atoms with E-state index in [1.165, 1.54) is 32.1 Å². The average Bonchev–Trinajstić information content (AvgIpc) is 3.52. The lowest BCUT2D eigenvalue weighted by Crippen LogP contribution is -2.53. The first kappa shape index (κ1) is 17.9. The number of amides is 1. The minimum atomic E-state index is 0.0566. The summed E-state index contributed by atoms with van der Waals surface area (Å²) in [5.74, 6) is 0.918. The summed E-state index contributed by atoms with van der Waals surface area (Å²) in [5, 5.41) is 10.1. The van der Waals surface area contributed by atoms with Gasteiger partial charge in [-0.3, -0.25) is 14.7 Å². The number of likely N-dealkylation sites (tertiary alicyclic amines) is 2. The van der Waals surface area contributed by atoms with Gasteiger partial charge < -0.3 is 10.0 Å². The molecule has 1 aromatic rings. The summed E-state index contributed by atoms with van der Waals surface area (Å²) in [5.41, 5.74) is 0.674. The van der Waals surface area contributed by atoms with Gasteiger partial charge >= 0.3 is 0 Å². The Morgan fingerprint density at radius 2 is 2.00 bits per heavy atom. The quantitative estimate of drug-likeness (QED) is 0.880. The molecule has 1 aliphatic carbocycles. The molecule has 0 spiro atoms. The lowest BCUT2D eigenvalue weighted by atomic mass is 9.75. The Hall–Kier alpha value is -1.46. The fourth-order valence-corrected chi connectivity index (χ4v) is 4.94. The molecule has 1 unspecified atom stereocenters. The van der Waals surface area contributed by atoms with Crippen LogP contribution < -0.4 is 0 Å². The lowest BCUT2D eigenvalue weighted by molar-refractivity contribution is -0.00966. The van der Waals surface area contributed by atoms with Crippen molar-refractivity contribution in [1.29, 1.82) is 0 Å². The van der Waals surface area contributed by atoms with Crippen molar-refractivity contribution < 1.29 is 9.90 Å². The Bertz CT molecular complexity index is 611. The van der Waals surface area contributed by atoms with Gasteiger partial charge in [-0.25, -0.2) is 0 Å². The molecule has 0 aromatic carbocycles. The van der Waals surface area contributed by atoms with Gasteiger partial charge in [-0.1, -0.05) is 18.9 Å². The van der Waals surface area contributed by atoms with E-state index in [1.807, 2.05) is 17.0 Å². The molecular formula is C21H31N3O2. The normalized spacial score (nSPS) is 28.3. The second-order valence-electron chi connectivity index (χ2n) is 8.62. The maximum absolute atomic E-state index is 12.6. The van der Waals surface area contributed by atoms with E-state index < -0.39 is 0 Å². The van der Waals surface area contributed by atoms with Gasteiger partial charge in [0, 0.05) is 43.9 Å². The lowest BCUT2D eigenvalue weighted by Gasteiger charge is -2.47. The Morgan fingerprint density at radius 3 is 2.65 bits per heavy atom. The predicted octanol–water partition coefficient (Wildman–Crippen LogP) is 2.56. The Balaban J connectivity index is 1.33. The molecule has 4 rings (SSSR count). The highest BCUT2D eigenvalue weighted by molar-refractivity contribution is 5.92. The smallest absolute Gasteiger partial charge is 0.272 e. The molecule has 1 N–H and O–H groups in total. The van der Waals surface area contributed by atoms with Gasteiger partial charge in [0.25, 0.3) is 5.91 Å². The number of hydrogen-bond acceptors (Lipinski definition) is 4. The summed E-state index contributed by atoms with van der Waals surface area (Å²) in [6, 6.07) is 6.06. The number of hydrogen-bond donors (Lipinski definition) is 1. The summed E-state index contributed by atoms with van der Waals surface area (Å²) in [7, 11) is 0. The van der Waals surface area contributed by atoms with Crippen LogP contribution in [0.5, 0.6) is 0 Å². The monoisotopic (exact) mass is 357 g/mol. The fourth-order valence-electron chi connectivity index (χ4n) is 4.94. The molecule has 142 valence electrons. The Morgan fingerprint density at radius 1 is 1.19 bits per heavy atom.